The number of nitrogens with one attached hydrogen (secondary N) is 1. The molecule has 2 aromatic rings. The molecule has 0 spiro atoms. The summed E-state index contributed by atoms with van der Waals surface area (Å²) in [5.74, 6) is 0.493. The Morgan fingerprint density at radius 1 is 1.17 bits per heavy atom. The van der Waals surface area contributed by atoms with Crippen molar-refractivity contribution in [1.29, 1.82) is 0 Å². The standard InChI is InChI=1S/C24H33N3O2/c1-17-7-5-6-14-27(17)22-13-10-19(25)15-21(22)26-23(28)16-29-20-11-8-18(9-12-20)24(2,3)4/h8-13,15,17H,5-7,14,16,25H2,1-4H3,(H,26,28)/t17-/m1/s1. The molecule has 1 aliphatic heterocycles. The molecule has 1 heterocycles. The van der Waals surface area contributed by atoms with Gasteiger partial charge in [0, 0.05) is 18.3 Å². The number of nitrogen functional groups attached to an aromatic ring is 1. The Kier molecular flexibility index (Phi) is 6.36. The van der Waals surface area contributed by atoms with Crippen LogP contribution in [0.1, 0.15) is 52.5 Å². The summed E-state index contributed by atoms with van der Waals surface area (Å²) in [5.41, 5.74) is 9.70. The molecule has 3 rings (SSSR count). The molecule has 0 aromatic heterocycles. The third kappa shape index (κ3) is 5.43. The number of piperidine rings is 1. The Morgan fingerprint density at radius 2 is 1.90 bits per heavy atom. The number of hydrogen-bond donors (Lipinski definition) is 2. The third-order valence-electron chi connectivity index (χ3n) is 5.50. The van der Waals surface area contributed by atoms with Crippen LogP contribution in [0.4, 0.5) is 17.1 Å². The first kappa shape index (κ1) is 21.0. The number of ether oxygens (including phenoxy) is 1. The van der Waals surface area contributed by atoms with Crippen molar-refractivity contribution in [3.05, 3.63) is 48.0 Å². The molecule has 0 unspecified atom stereocenters. The second-order valence-corrected chi connectivity index (χ2v) is 8.93. The Balaban J connectivity index is 1.65. The first-order valence-corrected chi connectivity index (χ1v) is 10.4. The summed E-state index contributed by atoms with van der Waals surface area (Å²) in [6, 6.07) is 14.1. The quantitative estimate of drug-likeness (QED) is 0.702. The van der Waals surface area contributed by atoms with Gasteiger partial charge in [-0.15, -0.1) is 0 Å². The fourth-order valence-corrected chi connectivity index (χ4v) is 3.75. The van der Waals surface area contributed by atoms with Gasteiger partial charge >= 0.3 is 0 Å². The molecule has 156 valence electrons. The molecule has 1 atom stereocenters. The van der Waals surface area contributed by atoms with Crippen molar-refractivity contribution >= 4 is 23.0 Å². The maximum Gasteiger partial charge on any atom is 0.262 e. The largest absolute Gasteiger partial charge is 0.484 e. The van der Waals surface area contributed by atoms with Crippen LogP contribution in [0.2, 0.25) is 0 Å². The summed E-state index contributed by atoms with van der Waals surface area (Å²) in [6.07, 6.45) is 3.57. The highest BCUT2D eigenvalue weighted by molar-refractivity contribution is 5.96. The van der Waals surface area contributed by atoms with Crippen molar-refractivity contribution < 1.29 is 9.53 Å². The van der Waals surface area contributed by atoms with E-state index in [1.165, 1.54) is 12.0 Å². The smallest absolute Gasteiger partial charge is 0.262 e. The minimum atomic E-state index is -0.193. The van der Waals surface area contributed by atoms with E-state index in [4.69, 9.17) is 10.5 Å². The van der Waals surface area contributed by atoms with Gasteiger partial charge in [0.05, 0.1) is 11.4 Å². The minimum absolute atomic E-state index is 0.0430. The molecule has 5 heteroatoms. The molecule has 3 N–H and O–H groups in total. The molecule has 1 fully saturated rings. The molecule has 1 saturated heterocycles. The van der Waals surface area contributed by atoms with E-state index < -0.39 is 0 Å². The molecule has 29 heavy (non-hydrogen) atoms. The van der Waals surface area contributed by atoms with Gasteiger partial charge in [0.25, 0.3) is 5.91 Å². The average molecular weight is 396 g/mol. The third-order valence-corrected chi connectivity index (χ3v) is 5.50. The van der Waals surface area contributed by atoms with Crippen LogP contribution in [0, 0.1) is 0 Å². The zero-order valence-corrected chi connectivity index (χ0v) is 18.0. The van der Waals surface area contributed by atoms with Crippen molar-refractivity contribution in [2.75, 3.05) is 29.1 Å². The van der Waals surface area contributed by atoms with E-state index in [2.05, 4.69) is 37.9 Å². The molecule has 2 aromatic carbocycles. The van der Waals surface area contributed by atoms with Crippen LogP contribution >= 0.6 is 0 Å². The number of amides is 1. The molecule has 1 amide bonds. The summed E-state index contributed by atoms with van der Waals surface area (Å²) in [6.45, 7) is 9.68. The number of carbonyl (C=O) groups is 1. The number of nitrogens with two attached hydrogens (primary N) is 1. The highest BCUT2D eigenvalue weighted by atomic mass is 16.5. The highest BCUT2D eigenvalue weighted by Gasteiger charge is 2.22. The van der Waals surface area contributed by atoms with E-state index >= 15 is 0 Å². The topological polar surface area (TPSA) is 67.6 Å². The Hall–Kier alpha value is -2.69. The fraction of sp³-hybridized carbons (Fsp3) is 0.458. The zero-order valence-electron chi connectivity index (χ0n) is 18.0. The van der Waals surface area contributed by atoms with E-state index in [-0.39, 0.29) is 17.9 Å². The van der Waals surface area contributed by atoms with Gasteiger partial charge < -0.3 is 20.7 Å². The summed E-state index contributed by atoms with van der Waals surface area (Å²) in [7, 11) is 0. The Morgan fingerprint density at radius 3 is 2.55 bits per heavy atom. The van der Waals surface area contributed by atoms with Crippen LogP contribution in [0.15, 0.2) is 42.5 Å². The van der Waals surface area contributed by atoms with Gasteiger partial charge in [-0.3, -0.25) is 4.79 Å². The predicted octanol–water partition coefficient (Wildman–Crippen LogP) is 4.96. The number of rotatable bonds is 5. The number of benzene rings is 2. The van der Waals surface area contributed by atoms with E-state index in [9.17, 15) is 4.79 Å². The Bertz CT molecular complexity index is 840. The summed E-state index contributed by atoms with van der Waals surface area (Å²) >= 11 is 0. The van der Waals surface area contributed by atoms with E-state index in [1.54, 1.807) is 0 Å². The lowest BCUT2D eigenvalue weighted by molar-refractivity contribution is -0.118. The van der Waals surface area contributed by atoms with Crippen LogP contribution < -0.4 is 20.7 Å². The number of hydrogen-bond acceptors (Lipinski definition) is 4. The van der Waals surface area contributed by atoms with Crippen molar-refractivity contribution in [1.82, 2.24) is 0 Å². The summed E-state index contributed by atoms with van der Waals surface area (Å²) in [5, 5.41) is 2.99. The lowest BCUT2D eigenvalue weighted by Crippen LogP contribution is -2.38. The number of nitrogens with zero attached hydrogens (tertiary/aromatic N) is 1. The first-order valence-electron chi connectivity index (χ1n) is 10.4. The van der Waals surface area contributed by atoms with E-state index in [0.717, 1.165) is 30.8 Å². The van der Waals surface area contributed by atoms with Gasteiger partial charge in [-0.05, 0) is 67.5 Å². The SMILES string of the molecule is C[C@@H]1CCCCN1c1ccc(N)cc1NC(=O)COc1ccc(C(C)(C)C)cc1. The molecule has 5 nitrogen and oxygen atoms in total. The zero-order chi connectivity index (χ0) is 21.0. The monoisotopic (exact) mass is 395 g/mol. The lowest BCUT2D eigenvalue weighted by atomic mass is 9.87. The second kappa shape index (κ2) is 8.76. The molecule has 0 radical (unpaired) electrons. The van der Waals surface area contributed by atoms with Crippen molar-refractivity contribution in [3.8, 4) is 5.75 Å². The second-order valence-electron chi connectivity index (χ2n) is 8.93. The Labute approximate surface area is 174 Å². The van der Waals surface area contributed by atoms with Crippen LogP contribution in [0.25, 0.3) is 0 Å². The van der Waals surface area contributed by atoms with Crippen LogP contribution in [-0.2, 0) is 10.2 Å². The van der Waals surface area contributed by atoms with Gasteiger partial charge in [-0.1, -0.05) is 32.9 Å². The molecular weight excluding hydrogens is 362 g/mol. The fourth-order valence-electron chi connectivity index (χ4n) is 3.75. The lowest BCUT2D eigenvalue weighted by Gasteiger charge is -2.36. The van der Waals surface area contributed by atoms with Crippen LogP contribution in [0.3, 0.4) is 0 Å². The van der Waals surface area contributed by atoms with Crippen LogP contribution in [-0.4, -0.2) is 25.1 Å². The minimum Gasteiger partial charge on any atom is -0.484 e. The van der Waals surface area contributed by atoms with Crippen LogP contribution in [0.5, 0.6) is 5.75 Å². The van der Waals surface area contributed by atoms with Crippen molar-refractivity contribution in [2.45, 2.75) is 58.4 Å². The maximum absolute atomic E-state index is 12.5. The van der Waals surface area contributed by atoms with E-state index in [1.807, 2.05) is 42.5 Å². The van der Waals surface area contributed by atoms with Crippen molar-refractivity contribution in [3.63, 3.8) is 0 Å². The predicted molar refractivity (Wildman–Crippen MR) is 121 cm³/mol. The van der Waals surface area contributed by atoms with Gasteiger partial charge in [0.2, 0.25) is 0 Å². The van der Waals surface area contributed by atoms with Crippen molar-refractivity contribution in [2.24, 2.45) is 0 Å². The number of anilines is 3. The van der Waals surface area contributed by atoms with Gasteiger partial charge in [-0.2, -0.15) is 0 Å². The summed E-state index contributed by atoms with van der Waals surface area (Å²) in [4.78, 5) is 14.9. The molecule has 0 bridgehead atoms. The maximum atomic E-state index is 12.5. The molecular formula is C24H33N3O2. The normalized spacial score (nSPS) is 17.1. The molecule has 0 aliphatic carbocycles. The molecule has 0 saturated carbocycles. The summed E-state index contributed by atoms with van der Waals surface area (Å²) < 4.78 is 5.69. The van der Waals surface area contributed by atoms with Gasteiger partial charge in [0.1, 0.15) is 5.75 Å². The average Bonchev–Trinajstić information content (AvgIpc) is 2.67. The van der Waals surface area contributed by atoms with E-state index in [0.29, 0.717) is 17.5 Å². The molecule has 1 aliphatic rings. The first-order chi connectivity index (χ1) is 13.7. The van der Waals surface area contributed by atoms with Gasteiger partial charge in [0.15, 0.2) is 6.61 Å². The highest BCUT2D eigenvalue weighted by Crippen LogP contribution is 2.33. The number of carbonyl (C=O) groups excluding carboxylic acids is 1. The van der Waals surface area contributed by atoms with Gasteiger partial charge in [-0.25, -0.2) is 0 Å².